The van der Waals surface area contributed by atoms with Gasteiger partial charge in [0.2, 0.25) is 0 Å². The lowest BCUT2D eigenvalue weighted by Gasteiger charge is -2.25. The second kappa shape index (κ2) is 7.57. The van der Waals surface area contributed by atoms with Gasteiger partial charge in [0.25, 0.3) is 5.91 Å². The number of amides is 1. The highest BCUT2D eigenvalue weighted by Gasteiger charge is 2.31. The predicted octanol–water partition coefficient (Wildman–Crippen LogP) is 1.56. The Hall–Kier alpha value is -2.53. The Morgan fingerprint density at radius 3 is 2.76 bits per heavy atom. The minimum absolute atomic E-state index is 0.0364. The molecule has 0 spiro atoms. The number of anilines is 1. The fourth-order valence-corrected chi connectivity index (χ4v) is 4.52. The van der Waals surface area contributed by atoms with Gasteiger partial charge in [-0.05, 0) is 44.0 Å². The summed E-state index contributed by atoms with van der Waals surface area (Å²) in [4.78, 5) is 14.1. The minimum Gasteiger partial charge on any atom is -0.508 e. The summed E-state index contributed by atoms with van der Waals surface area (Å²) in [5.74, 6) is -0.320. The summed E-state index contributed by atoms with van der Waals surface area (Å²) >= 11 is 0. The van der Waals surface area contributed by atoms with E-state index in [1.165, 1.54) is 18.3 Å². The predicted molar refractivity (Wildman–Crippen MR) is 94.6 cm³/mol. The van der Waals surface area contributed by atoms with Crippen LogP contribution in [0.25, 0.3) is 0 Å². The van der Waals surface area contributed by atoms with E-state index < -0.39 is 15.7 Å². The van der Waals surface area contributed by atoms with E-state index in [0.29, 0.717) is 24.2 Å². The zero-order valence-corrected chi connectivity index (χ0v) is 15.0. The van der Waals surface area contributed by atoms with Crippen molar-refractivity contribution < 1.29 is 18.3 Å². The van der Waals surface area contributed by atoms with Crippen molar-refractivity contribution in [2.24, 2.45) is 0 Å². The summed E-state index contributed by atoms with van der Waals surface area (Å²) in [5, 5.41) is 21.4. The summed E-state index contributed by atoms with van der Waals surface area (Å²) in [6.45, 7) is 4.07. The van der Waals surface area contributed by atoms with Gasteiger partial charge in [0.05, 0.1) is 11.5 Å². The minimum atomic E-state index is -3.05. The monoisotopic (exact) mass is 363 g/mol. The number of nitrogens with one attached hydrogen (secondary N) is 1. The topological polar surface area (TPSA) is 110 Å². The van der Waals surface area contributed by atoms with Gasteiger partial charge in [-0.2, -0.15) is 5.26 Å². The van der Waals surface area contributed by atoms with Crippen LogP contribution in [0.15, 0.2) is 30.0 Å². The van der Waals surface area contributed by atoms with E-state index >= 15 is 0 Å². The van der Waals surface area contributed by atoms with Crippen molar-refractivity contribution in [1.82, 2.24) is 4.90 Å². The number of carbonyl (C=O) groups excluding carboxylic acids is 1. The highest BCUT2D eigenvalue weighted by molar-refractivity contribution is 7.91. The third-order valence-corrected chi connectivity index (χ3v) is 5.91. The molecule has 1 aromatic rings. The second-order valence-corrected chi connectivity index (χ2v) is 8.22. The third kappa shape index (κ3) is 4.73. The maximum absolute atomic E-state index is 12.4. The van der Waals surface area contributed by atoms with E-state index in [2.05, 4.69) is 5.32 Å². The number of hydrogen-bond donors (Lipinski definition) is 2. The van der Waals surface area contributed by atoms with Crippen LogP contribution < -0.4 is 5.32 Å². The first kappa shape index (κ1) is 18.8. The molecule has 0 radical (unpaired) electrons. The lowest BCUT2D eigenvalue weighted by Crippen LogP contribution is -2.32. The molecule has 1 aliphatic rings. The van der Waals surface area contributed by atoms with Crippen molar-refractivity contribution in [2.45, 2.75) is 26.3 Å². The SMILES string of the molecule is CCN(/C=C(/C#N)C(=O)Nc1ccc(O)cc1C)C1CCS(=O)(=O)C1. The van der Waals surface area contributed by atoms with Crippen LogP contribution in [0.2, 0.25) is 0 Å². The van der Waals surface area contributed by atoms with Gasteiger partial charge in [-0.15, -0.1) is 0 Å². The molecule has 0 saturated carbocycles. The van der Waals surface area contributed by atoms with Crippen molar-refractivity contribution >= 4 is 21.4 Å². The number of benzene rings is 1. The molecule has 1 unspecified atom stereocenters. The third-order valence-electron chi connectivity index (χ3n) is 4.16. The Bertz CT molecular complexity index is 840. The maximum Gasteiger partial charge on any atom is 0.267 e. The van der Waals surface area contributed by atoms with Gasteiger partial charge >= 0.3 is 0 Å². The van der Waals surface area contributed by atoms with Crippen molar-refractivity contribution in [3.8, 4) is 11.8 Å². The molecule has 2 N–H and O–H groups in total. The molecule has 25 heavy (non-hydrogen) atoms. The molecular formula is C17H21N3O4S. The molecule has 1 aliphatic heterocycles. The Morgan fingerprint density at radius 2 is 2.24 bits per heavy atom. The standard InChI is InChI=1S/C17H21N3O4S/c1-3-20(14-6-7-25(23,24)11-14)10-13(9-18)17(22)19-16-5-4-15(21)8-12(16)2/h4-5,8,10,14,21H,3,6-7,11H2,1-2H3,(H,19,22)/b13-10-. The number of hydrogen-bond acceptors (Lipinski definition) is 6. The molecule has 1 amide bonds. The van der Waals surface area contributed by atoms with Crippen LogP contribution in [-0.2, 0) is 14.6 Å². The largest absolute Gasteiger partial charge is 0.508 e. The molecule has 0 bridgehead atoms. The Kier molecular flexibility index (Phi) is 5.69. The molecule has 1 heterocycles. The number of sulfone groups is 1. The number of aromatic hydroxyl groups is 1. The molecule has 1 fully saturated rings. The van der Waals surface area contributed by atoms with Crippen LogP contribution in [0.3, 0.4) is 0 Å². The van der Waals surface area contributed by atoms with Crippen LogP contribution in [-0.4, -0.2) is 48.4 Å². The first-order chi connectivity index (χ1) is 11.8. The number of phenolic OH excluding ortho intramolecular Hbond substituents is 1. The summed E-state index contributed by atoms with van der Waals surface area (Å²) in [7, 11) is -3.05. The van der Waals surface area contributed by atoms with E-state index in [-0.39, 0.29) is 28.9 Å². The average Bonchev–Trinajstić information content (AvgIpc) is 2.91. The fraction of sp³-hybridized carbons (Fsp3) is 0.412. The lowest BCUT2D eigenvalue weighted by atomic mass is 10.1. The number of nitriles is 1. The smallest absolute Gasteiger partial charge is 0.267 e. The van der Waals surface area contributed by atoms with Gasteiger partial charge in [-0.3, -0.25) is 4.79 Å². The first-order valence-corrected chi connectivity index (χ1v) is 9.77. The lowest BCUT2D eigenvalue weighted by molar-refractivity contribution is -0.112. The molecule has 1 atom stereocenters. The van der Waals surface area contributed by atoms with Crippen LogP contribution in [0, 0.1) is 18.3 Å². The van der Waals surface area contributed by atoms with Crippen molar-refractivity contribution in [3.63, 3.8) is 0 Å². The zero-order valence-electron chi connectivity index (χ0n) is 14.2. The van der Waals surface area contributed by atoms with E-state index in [1.54, 1.807) is 17.9 Å². The average molecular weight is 363 g/mol. The Balaban J connectivity index is 2.17. The van der Waals surface area contributed by atoms with Gasteiger partial charge in [0.1, 0.15) is 17.4 Å². The molecule has 8 heteroatoms. The van der Waals surface area contributed by atoms with Gasteiger partial charge in [-0.25, -0.2) is 8.42 Å². The highest BCUT2D eigenvalue weighted by Crippen LogP contribution is 2.22. The number of phenols is 1. The quantitative estimate of drug-likeness (QED) is 0.467. The summed E-state index contributed by atoms with van der Waals surface area (Å²) in [6.07, 6.45) is 1.92. The van der Waals surface area contributed by atoms with Crippen molar-refractivity contribution in [1.29, 1.82) is 5.26 Å². The van der Waals surface area contributed by atoms with Crippen LogP contribution in [0.1, 0.15) is 18.9 Å². The molecule has 1 aromatic carbocycles. The second-order valence-electron chi connectivity index (χ2n) is 6.00. The molecule has 134 valence electrons. The number of nitrogens with zero attached hydrogens (tertiary/aromatic N) is 2. The fourth-order valence-electron chi connectivity index (χ4n) is 2.77. The first-order valence-electron chi connectivity index (χ1n) is 7.94. The van der Waals surface area contributed by atoms with Gasteiger partial charge < -0.3 is 15.3 Å². The molecular weight excluding hydrogens is 342 g/mol. The maximum atomic E-state index is 12.4. The number of rotatable bonds is 5. The summed E-state index contributed by atoms with van der Waals surface area (Å²) in [6, 6.07) is 6.16. The van der Waals surface area contributed by atoms with E-state index in [0.717, 1.165) is 0 Å². The summed E-state index contributed by atoms with van der Waals surface area (Å²) in [5.41, 5.74) is 1.06. The van der Waals surface area contributed by atoms with Gasteiger partial charge in [0.15, 0.2) is 9.84 Å². The van der Waals surface area contributed by atoms with Crippen LogP contribution in [0.5, 0.6) is 5.75 Å². The normalized spacial score (nSPS) is 19.2. The van der Waals surface area contributed by atoms with E-state index in [1.807, 2.05) is 13.0 Å². The molecule has 0 aliphatic carbocycles. The van der Waals surface area contributed by atoms with Crippen molar-refractivity contribution in [2.75, 3.05) is 23.4 Å². The molecule has 1 saturated heterocycles. The molecule has 7 nitrogen and oxygen atoms in total. The van der Waals surface area contributed by atoms with E-state index in [4.69, 9.17) is 0 Å². The Morgan fingerprint density at radius 1 is 1.52 bits per heavy atom. The highest BCUT2D eigenvalue weighted by atomic mass is 32.2. The number of aryl methyl sites for hydroxylation is 1. The Labute approximate surface area is 147 Å². The van der Waals surface area contributed by atoms with Gasteiger partial charge in [0, 0.05) is 24.5 Å². The van der Waals surface area contributed by atoms with Gasteiger partial charge in [-0.1, -0.05) is 0 Å². The number of carbonyl (C=O) groups is 1. The summed E-state index contributed by atoms with van der Waals surface area (Å²) < 4.78 is 23.3. The zero-order chi connectivity index (χ0) is 18.6. The van der Waals surface area contributed by atoms with Crippen LogP contribution >= 0.6 is 0 Å². The van der Waals surface area contributed by atoms with E-state index in [9.17, 15) is 23.6 Å². The molecule has 2 rings (SSSR count). The molecule has 0 aromatic heterocycles. The van der Waals surface area contributed by atoms with Crippen LogP contribution in [0.4, 0.5) is 5.69 Å². The van der Waals surface area contributed by atoms with Crippen molar-refractivity contribution in [3.05, 3.63) is 35.5 Å².